The van der Waals surface area contributed by atoms with Crippen LogP contribution in [0.5, 0.6) is 0 Å². The third kappa shape index (κ3) is 5.28. The van der Waals surface area contributed by atoms with Gasteiger partial charge in [0.2, 0.25) is 0 Å². The molecule has 0 spiro atoms. The van der Waals surface area contributed by atoms with Crippen LogP contribution >= 0.6 is 11.8 Å². The van der Waals surface area contributed by atoms with Gasteiger partial charge in [-0.3, -0.25) is 4.79 Å². The number of ether oxygens (including phenoxy) is 1. The van der Waals surface area contributed by atoms with Crippen LogP contribution < -0.4 is 0 Å². The summed E-state index contributed by atoms with van der Waals surface area (Å²) in [6, 6.07) is 0. The number of carbonyl (C=O) groups is 1. The van der Waals surface area contributed by atoms with Crippen LogP contribution in [0.4, 0.5) is 0 Å². The van der Waals surface area contributed by atoms with Gasteiger partial charge in [0.15, 0.2) is 0 Å². The first-order valence-electron chi connectivity index (χ1n) is 7.60. The summed E-state index contributed by atoms with van der Waals surface area (Å²) in [7, 11) is 0. The third-order valence-electron chi connectivity index (χ3n) is 4.60. The summed E-state index contributed by atoms with van der Waals surface area (Å²) >= 11 is 1.67. The summed E-state index contributed by atoms with van der Waals surface area (Å²) in [4.78, 5) is 11.8. The molecule has 118 valence electrons. The van der Waals surface area contributed by atoms with Gasteiger partial charge in [0.25, 0.3) is 0 Å². The first-order chi connectivity index (χ1) is 9.16. The molecule has 0 aromatic rings. The second kappa shape index (κ2) is 7.17. The average Bonchev–Trinajstić information content (AvgIpc) is 2.35. The number of rotatable bonds is 6. The molecule has 0 saturated heterocycles. The van der Waals surface area contributed by atoms with E-state index < -0.39 is 5.60 Å². The summed E-state index contributed by atoms with van der Waals surface area (Å²) < 4.78 is 5.69. The second-order valence-corrected chi connectivity index (χ2v) is 8.01. The lowest BCUT2D eigenvalue weighted by molar-refractivity contribution is -0.163. The zero-order valence-electron chi connectivity index (χ0n) is 13.6. The fourth-order valence-electron chi connectivity index (χ4n) is 3.11. The van der Waals surface area contributed by atoms with Crippen LogP contribution in [0, 0.1) is 11.8 Å². The van der Waals surface area contributed by atoms with E-state index in [0.29, 0.717) is 18.3 Å². The molecule has 1 N–H and O–H groups in total. The lowest BCUT2D eigenvalue weighted by atomic mass is 9.70. The van der Waals surface area contributed by atoms with Crippen molar-refractivity contribution in [2.24, 2.45) is 11.8 Å². The molecule has 0 radical (unpaired) electrons. The SMILES string of the molecule is CSCCC(=O)OC(C)(C)C1CCC(C(C)(C)O)CC1. The van der Waals surface area contributed by atoms with Crippen LogP contribution in [-0.2, 0) is 9.53 Å². The van der Waals surface area contributed by atoms with E-state index in [-0.39, 0.29) is 11.6 Å². The van der Waals surface area contributed by atoms with Crippen molar-refractivity contribution >= 4 is 17.7 Å². The highest BCUT2D eigenvalue weighted by Crippen LogP contribution is 2.40. The van der Waals surface area contributed by atoms with Gasteiger partial charge in [-0.1, -0.05) is 0 Å². The Kier molecular flexibility index (Phi) is 6.39. The van der Waals surface area contributed by atoms with Gasteiger partial charge in [0.1, 0.15) is 5.60 Å². The Hall–Kier alpha value is -0.220. The van der Waals surface area contributed by atoms with Crippen LogP contribution in [0.1, 0.15) is 59.8 Å². The van der Waals surface area contributed by atoms with Gasteiger partial charge in [-0.25, -0.2) is 0 Å². The van der Waals surface area contributed by atoms with Crippen molar-refractivity contribution < 1.29 is 14.6 Å². The highest BCUT2D eigenvalue weighted by atomic mass is 32.2. The zero-order valence-corrected chi connectivity index (χ0v) is 14.4. The summed E-state index contributed by atoms with van der Waals surface area (Å²) in [5.41, 5.74) is -0.982. The topological polar surface area (TPSA) is 46.5 Å². The quantitative estimate of drug-likeness (QED) is 0.761. The number of hydrogen-bond acceptors (Lipinski definition) is 4. The van der Waals surface area contributed by atoms with E-state index in [4.69, 9.17) is 4.74 Å². The minimum atomic E-state index is -0.593. The molecular weight excluding hydrogens is 272 g/mol. The molecule has 3 nitrogen and oxygen atoms in total. The summed E-state index contributed by atoms with van der Waals surface area (Å²) in [5.74, 6) is 1.50. The van der Waals surface area contributed by atoms with Crippen LogP contribution in [-0.4, -0.2) is 34.3 Å². The lowest BCUT2D eigenvalue weighted by Crippen LogP contribution is -2.42. The molecule has 0 aromatic heterocycles. The highest BCUT2D eigenvalue weighted by Gasteiger charge is 2.39. The molecule has 0 aromatic carbocycles. The highest BCUT2D eigenvalue weighted by molar-refractivity contribution is 7.98. The van der Waals surface area contributed by atoms with Crippen LogP contribution in [0.3, 0.4) is 0 Å². The van der Waals surface area contributed by atoms with E-state index in [1.807, 2.05) is 34.0 Å². The maximum absolute atomic E-state index is 11.8. The number of esters is 1. The van der Waals surface area contributed by atoms with Gasteiger partial charge >= 0.3 is 5.97 Å². The zero-order chi connectivity index (χ0) is 15.4. The van der Waals surface area contributed by atoms with E-state index in [2.05, 4.69) is 0 Å². The number of thioether (sulfide) groups is 1. The van der Waals surface area contributed by atoms with Crippen molar-refractivity contribution in [2.45, 2.75) is 71.0 Å². The first kappa shape index (κ1) is 17.8. The molecular formula is C16H30O3S. The molecule has 0 atom stereocenters. The van der Waals surface area contributed by atoms with Gasteiger partial charge in [-0.15, -0.1) is 0 Å². The monoisotopic (exact) mass is 302 g/mol. The van der Waals surface area contributed by atoms with Gasteiger partial charge in [0, 0.05) is 5.75 Å². The van der Waals surface area contributed by atoms with Crippen molar-refractivity contribution in [1.29, 1.82) is 0 Å². The largest absolute Gasteiger partial charge is 0.459 e. The average molecular weight is 302 g/mol. The van der Waals surface area contributed by atoms with Crippen molar-refractivity contribution in [3.8, 4) is 0 Å². The number of hydrogen-bond donors (Lipinski definition) is 1. The van der Waals surface area contributed by atoms with Crippen molar-refractivity contribution in [3.63, 3.8) is 0 Å². The number of carbonyl (C=O) groups excluding carboxylic acids is 1. The Morgan fingerprint density at radius 1 is 1.15 bits per heavy atom. The summed E-state index contributed by atoms with van der Waals surface area (Å²) in [6.07, 6.45) is 6.56. The first-order valence-corrected chi connectivity index (χ1v) is 8.99. The van der Waals surface area contributed by atoms with Gasteiger partial charge in [0.05, 0.1) is 12.0 Å². The lowest BCUT2D eigenvalue weighted by Gasteiger charge is -2.41. The summed E-state index contributed by atoms with van der Waals surface area (Å²) in [6.45, 7) is 7.84. The third-order valence-corrected chi connectivity index (χ3v) is 5.21. The van der Waals surface area contributed by atoms with Crippen molar-refractivity contribution in [1.82, 2.24) is 0 Å². The fourth-order valence-corrected chi connectivity index (χ4v) is 3.48. The van der Waals surface area contributed by atoms with Gasteiger partial charge in [-0.05, 0) is 71.5 Å². The predicted molar refractivity (Wildman–Crippen MR) is 84.9 cm³/mol. The Bertz CT molecular complexity index is 312. The Labute approximate surface area is 127 Å². The second-order valence-electron chi connectivity index (χ2n) is 7.02. The molecule has 1 saturated carbocycles. The van der Waals surface area contributed by atoms with Crippen LogP contribution in [0.2, 0.25) is 0 Å². The molecule has 0 heterocycles. The van der Waals surface area contributed by atoms with Crippen LogP contribution in [0.25, 0.3) is 0 Å². The molecule has 1 rings (SSSR count). The molecule has 1 aliphatic rings. The standard InChI is InChI=1S/C16H30O3S/c1-15(2,18)12-6-8-13(9-7-12)16(3,4)19-14(17)10-11-20-5/h12-13,18H,6-11H2,1-5H3. The molecule has 0 aliphatic heterocycles. The Morgan fingerprint density at radius 3 is 2.10 bits per heavy atom. The van der Waals surface area contributed by atoms with E-state index in [1.54, 1.807) is 11.8 Å². The van der Waals surface area contributed by atoms with E-state index in [1.165, 1.54) is 0 Å². The summed E-state index contributed by atoms with van der Waals surface area (Å²) in [5, 5.41) is 10.1. The normalized spacial score (nSPS) is 24.5. The maximum Gasteiger partial charge on any atom is 0.307 e. The Balaban J connectivity index is 2.48. The predicted octanol–water partition coefficient (Wildman–Crippen LogP) is 3.64. The van der Waals surface area contributed by atoms with E-state index in [0.717, 1.165) is 31.4 Å². The van der Waals surface area contributed by atoms with Crippen LogP contribution in [0.15, 0.2) is 0 Å². The molecule has 4 heteroatoms. The maximum atomic E-state index is 11.8. The molecule has 20 heavy (non-hydrogen) atoms. The Morgan fingerprint density at radius 2 is 1.65 bits per heavy atom. The smallest absolute Gasteiger partial charge is 0.307 e. The van der Waals surface area contributed by atoms with E-state index >= 15 is 0 Å². The van der Waals surface area contributed by atoms with Crippen molar-refractivity contribution in [2.75, 3.05) is 12.0 Å². The minimum Gasteiger partial charge on any atom is -0.459 e. The molecule has 0 bridgehead atoms. The molecule has 0 unspecified atom stereocenters. The van der Waals surface area contributed by atoms with Gasteiger partial charge < -0.3 is 9.84 Å². The molecule has 1 fully saturated rings. The van der Waals surface area contributed by atoms with Crippen molar-refractivity contribution in [3.05, 3.63) is 0 Å². The van der Waals surface area contributed by atoms with E-state index in [9.17, 15) is 9.90 Å². The molecule has 0 amide bonds. The number of aliphatic hydroxyl groups is 1. The molecule has 1 aliphatic carbocycles. The fraction of sp³-hybridized carbons (Fsp3) is 0.938. The minimum absolute atomic E-state index is 0.0889. The van der Waals surface area contributed by atoms with Gasteiger partial charge in [-0.2, -0.15) is 11.8 Å².